The maximum Gasteiger partial charge on any atom is 0.259 e. The standard InChI is InChI=1S/C23H29N9O3S/c1-5-29-14-19(16(3)26-29)20-7-8-24-22-18(13-25-32(20)22)23(33)28-9-11-31(12-10-28)36(34,35)21-15-30(6-2)27-17(21)4/h7-8,13-15H,5-6,9-12H2,1-4H3. The molecule has 0 saturated carbocycles. The Morgan fingerprint density at radius 1 is 0.972 bits per heavy atom. The van der Waals surface area contributed by atoms with Crippen molar-refractivity contribution in [1.82, 2.24) is 43.4 Å². The lowest BCUT2D eigenvalue weighted by atomic mass is 10.2. The minimum atomic E-state index is -3.68. The number of piperazine rings is 1. The predicted octanol–water partition coefficient (Wildman–Crippen LogP) is 1.59. The molecule has 190 valence electrons. The molecule has 12 nitrogen and oxygen atoms in total. The molecule has 1 amide bonds. The van der Waals surface area contributed by atoms with Crippen LogP contribution in [0.5, 0.6) is 0 Å². The van der Waals surface area contributed by atoms with Gasteiger partial charge in [0.15, 0.2) is 5.65 Å². The Labute approximate surface area is 209 Å². The van der Waals surface area contributed by atoms with Crippen LogP contribution in [0.15, 0.2) is 35.7 Å². The molecule has 0 aliphatic carbocycles. The minimum Gasteiger partial charge on any atom is -0.336 e. The van der Waals surface area contributed by atoms with E-state index in [0.29, 0.717) is 23.4 Å². The number of fused-ring (bicyclic) bond motifs is 1. The average Bonchev–Trinajstić information content (AvgIpc) is 3.59. The van der Waals surface area contributed by atoms with Gasteiger partial charge < -0.3 is 4.90 Å². The Balaban J connectivity index is 1.36. The van der Waals surface area contributed by atoms with Crippen molar-refractivity contribution in [2.24, 2.45) is 0 Å². The van der Waals surface area contributed by atoms with Crippen LogP contribution >= 0.6 is 0 Å². The number of rotatable bonds is 6. The van der Waals surface area contributed by atoms with Crippen molar-refractivity contribution < 1.29 is 13.2 Å². The smallest absolute Gasteiger partial charge is 0.259 e. The van der Waals surface area contributed by atoms with E-state index in [-0.39, 0.29) is 37.0 Å². The molecule has 1 fully saturated rings. The lowest BCUT2D eigenvalue weighted by Gasteiger charge is -2.33. The lowest BCUT2D eigenvalue weighted by Crippen LogP contribution is -2.50. The molecule has 0 radical (unpaired) electrons. The second kappa shape index (κ2) is 9.13. The fourth-order valence-corrected chi connectivity index (χ4v) is 6.12. The molecule has 5 heterocycles. The zero-order valence-electron chi connectivity index (χ0n) is 20.8. The Hall–Kier alpha value is -3.58. The van der Waals surface area contributed by atoms with Crippen LogP contribution in [0.2, 0.25) is 0 Å². The van der Waals surface area contributed by atoms with Gasteiger partial charge in [0.05, 0.1) is 23.3 Å². The maximum absolute atomic E-state index is 13.4. The average molecular weight is 512 g/mol. The van der Waals surface area contributed by atoms with Gasteiger partial charge in [-0.1, -0.05) is 0 Å². The molecule has 0 aromatic carbocycles. The zero-order valence-corrected chi connectivity index (χ0v) is 21.6. The van der Waals surface area contributed by atoms with Crippen LogP contribution in [-0.4, -0.2) is 83.9 Å². The summed E-state index contributed by atoms with van der Waals surface area (Å²) in [6, 6.07) is 1.85. The molecule has 4 aromatic rings. The summed E-state index contributed by atoms with van der Waals surface area (Å²) in [5.74, 6) is -0.220. The van der Waals surface area contributed by atoms with Gasteiger partial charge in [0.2, 0.25) is 10.0 Å². The molecule has 0 bridgehead atoms. The highest BCUT2D eigenvalue weighted by molar-refractivity contribution is 7.89. The summed E-state index contributed by atoms with van der Waals surface area (Å²) < 4.78 is 32.9. The van der Waals surface area contributed by atoms with E-state index in [0.717, 1.165) is 23.5 Å². The molecule has 5 rings (SSSR count). The summed E-state index contributed by atoms with van der Waals surface area (Å²) in [6.45, 7) is 9.87. The van der Waals surface area contributed by atoms with Crippen molar-refractivity contribution >= 4 is 21.6 Å². The number of nitrogens with zero attached hydrogens (tertiary/aromatic N) is 9. The lowest BCUT2D eigenvalue weighted by molar-refractivity contribution is 0.0699. The van der Waals surface area contributed by atoms with E-state index in [1.165, 1.54) is 10.5 Å². The van der Waals surface area contributed by atoms with Crippen LogP contribution < -0.4 is 0 Å². The van der Waals surface area contributed by atoms with Gasteiger partial charge in [0.25, 0.3) is 5.91 Å². The minimum absolute atomic E-state index is 0.206. The van der Waals surface area contributed by atoms with Crippen LogP contribution in [0.4, 0.5) is 0 Å². The van der Waals surface area contributed by atoms with Crippen molar-refractivity contribution in [2.75, 3.05) is 26.2 Å². The molecular weight excluding hydrogens is 482 g/mol. The number of carbonyl (C=O) groups excluding carboxylic acids is 1. The van der Waals surface area contributed by atoms with Crippen LogP contribution in [0.25, 0.3) is 16.9 Å². The summed E-state index contributed by atoms with van der Waals surface area (Å²) in [7, 11) is -3.68. The van der Waals surface area contributed by atoms with Gasteiger partial charge in [-0.3, -0.25) is 14.2 Å². The maximum atomic E-state index is 13.4. The highest BCUT2D eigenvalue weighted by Crippen LogP contribution is 2.25. The van der Waals surface area contributed by atoms with Crippen LogP contribution in [-0.2, 0) is 23.1 Å². The molecule has 1 aliphatic rings. The van der Waals surface area contributed by atoms with E-state index in [4.69, 9.17) is 0 Å². The van der Waals surface area contributed by atoms with E-state index in [2.05, 4.69) is 20.3 Å². The summed E-state index contributed by atoms with van der Waals surface area (Å²) in [6.07, 6.45) is 6.71. The highest BCUT2D eigenvalue weighted by atomic mass is 32.2. The summed E-state index contributed by atoms with van der Waals surface area (Å²) in [5.41, 5.74) is 3.91. The van der Waals surface area contributed by atoms with Crippen LogP contribution in [0.1, 0.15) is 35.6 Å². The van der Waals surface area contributed by atoms with Crippen molar-refractivity contribution in [1.29, 1.82) is 0 Å². The van der Waals surface area contributed by atoms with Gasteiger partial charge in [0.1, 0.15) is 10.5 Å². The molecule has 4 aromatic heterocycles. The Morgan fingerprint density at radius 3 is 2.28 bits per heavy atom. The largest absolute Gasteiger partial charge is 0.336 e. The van der Waals surface area contributed by atoms with Crippen LogP contribution in [0, 0.1) is 13.8 Å². The molecule has 1 saturated heterocycles. The summed E-state index contributed by atoms with van der Waals surface area (Å²) in [5, 5.41) is 13.2. The van der Waals surface area contributed by atoms with Gasteiger partial charge in [-0.25, -0.2) is 17.9 Å². The zero-order chi connectivity index (χ0) is 25.6. The first kappa shape index (κ1) is 24.1. The second-order valence-corrected chi connectivity index (χ2v) is 10.6. The highest BCUT2D eigenvalue weighted by Gasteiger charge is 2.33. The number of hydrogen-bond acceptors (Lipinski definition) is 7. The van der Waals surface area contributed by atoms with Crippen LogP contribution in [0.3, 0.4) is 0 Å². The topological polar surface area (TPSA) is 124 Å². The fraction of sp³-hybridized carbons (Fsp3) is 0.435. The number of amides is 1. The van der Waals surface area contributed by atoms with Crippen molar-refractivity contribution in [2.45, 2.75) is 45.7 Å². The number of aromatic nitrogens is 7. The van der Waals surface area contributed by atoms with Gasteiger partial charge in [0, 0.05) is 63.4 Å². The first-order valence-electron chi connectivity index (χ1n) is 11.9. The Morgan fingerprint density at radius 2 is 1.64 bits per heavy atom. The predicted molar refractivity (Wildman–Crippen MR) is 132 cm³/mol. The van der Waals surface area contributed by atoms with Gasteiger partial charge in [-0.15, -0.1) is 0 Å². The van der Waals surface area contributed by atoms with Crippen molar-refractivity contribution in [3.8, 4) is 11.3 Å². The third-order valence-corrected chi connectivity index (χ3v) is 8.55. The first-order chi connectivity index (χ1) is 17.2. The Bertz CT molecular complexity index is 1540. The third-order valence-electron chi connectivity index (χ3n) is 6.55. The number of sulfonamides is 1. The van der Waals surface area contributed by atoms with Gasteiger partial charge in [-0.05, 0) is 33.8 Å². The van der Waals surface area contributed by atoms with E-state index < -0.39 is 10.0 Å². The number of carbonyl (C=O) groups is 1. The van der Waals surface area contributed by atoms with E-state index in [1.807, 2.05) is 37.7 Å². The van der Waals surface area contributed by atoms with E-state index in [1.54, 1.807) is 33.4 Å². The first-order valence-corrected chi connectivity index (χ1v) is 13.4. The van der Waals surface area contributed by atoms with Crippen molar-refractivity contribution in [3.05, 3.63) is 47.8 Å². The van der Waals surface area contributed by atoms with Gasteiger partial charge >= 0.3 is 0 Å². The monoisotopic (exact) mass is 511 g/mol. The number of hydrogen-bond donors (Lipinski definition) is 0. The SMILES string of the molecule is CCn1cc(-c2ccnc3c(C(=O)N4CCN(S(=O)(=O)c5cn(CC)nc5C)CC4)cnn23)c(C)n1. The quantitative estimate of drug-likeness (QED) is 0.385. The Kier molecular flexibility index (Phi) is 6.12. The summed E-state index contributed by atoms with van der Waals surface area (Å²) >= 11 is 0. The third kappa shape index (κ3) is 3.97. The fourth-order valence-electron chi connectivity index (χ4n) is 4.53. The molecular formula is C23H29N9O3S. The normalized spacial score (nSPS) is 15.2. The number of aryl methyl sites for hydroxylation is 4. The van der Waals surface area contributed by atoms with E-state index in [9.17, 15) is 13.2 Å². The molecule has 0 atom stereocenters. The molecule has 13 heteroatoms. The van der Waals surface area contributed by atoms with Gasteiger partial charge in [-0.2, -0.15) is 19.6 Å². The molecule has 0 N–H and O–H groups in total. The molecule has 1 aliphatic heterocycles. The molecule has 0 unspecified atom stereocenters. The molecule has 0 spiro atoms. The van der Waals surface area contributed by atoms with E-state index >= 15 is 0 Å². The summed E-state index contributed by atoms with van der Waals surface area (Å²) in [4.78, 5) is 19.7. The van der Waals surface area contributed by atoms with Crippen molar-refractivity contribution in [3.63, 3.8) is 0 Å². The molecule has 36 heavy (non-hydrogen) atoms. The second-order valence-electron chi connectivity index (χ2n) is 8.74.